The first-order chi connectivity index (χ1) is 7.42. The lowest BCUT2D eigenvalue weighted by molar-refractivity contribution is 0.796. The highest BCUT2D eigenvalue weighted by molar-refractivity contribution is 7.99. The molecule has 1 aromatic heterocycles. The monoisotopic (exact) mass is 242 g/mol. The van der Waals surface area contributed by atoms with Crippen molar-refractivity contribution in [2.45, 2.75) is 12.3 Å². The number of halogens is 1. The molecule has 0 atom stereocenters. The van der Waals surface area contributed by atoms with Crippen molar-refractivity contribution in [3.63, 3.8) is 0 Å². The van der Waals surface area contributed by atoms with Crippen LogP contribution < -0.4 is 4.90 Å². The molecular weight excluding hydrogens is 228 g/mol. The van der Waals surface area contributed by atoms with E-state index in [0.29, 0.717) is 5.88 Å². The van der Waals surface area contributed by atoms with Crippen LogP contribution in [0.3, 0.4) is 0 Å². The summed E-state index contributed by atoms with van der Waals surface area (Å²) in [5.74, 6) is 4.08. The predicted octanol–water partition coefficient (Wildman–Crippen LogP) is 2.76. The molecule has 2 nitrogen and oxygen atoms in total. The number of thioether (sulfide) groups is 1. The molecule has 1 saturated heterocycles. The Kier molecular flexibility index (Phi) is 4.15. The summed E-state index contributed by atoms with van der Waals surface area (Å²) in [6.07, 6.45) is 3.09. The van der Waals surface area contributed by atoms with Gasteiger partial charge < -0.3 is 4.90 Å². The minimum atomic E-state index is 0.548. The molecule has 0 aliphatic carbocycles. The van der Waals surface area contributed by atoms with Crippen molar-refractivity contribution in [3.8, 4) is 0 Å². The summed E-state index contributed by atoms with van der Waals surface area (Å²) in [5.41, 5.74) is 1.14. The molecule has 1 aliphatic heterocycles. The summed E-state index contributed by atoms with van der Waals surface area (Å²) in [5, 5.41) is 0. The maximum Gasteiger partial charge on any atom is 0.132 e. The Morgan fingerprint density at radius 1 is 1.40 bits per heavy atom. The van der Waals surface area contributed by atoms with Crippen LogP contribution in [0.25, 0.3) is 0 Å². The van der Waals surface area contributed by atoms with Crippen molar-refractivity contribution in [1.29, 1.82) is 0 Å². The topological polar surface area (TPSA) is 16.1 Å². The Hall–Kier alpha value is -0.410. The fourth-order valence-electron chi connectivity index (χ4n) is 1.78. The van der Waals surface area contributed by atoms with E-state index >= 15 is 0 Å². The molecule has 82 valence electrons. The molecule has 0 N–H and O–H groups in total. The summed E-state index contributed by atoms with van der Waals surface area (Å²) in [6.45, 7) is 2.19. The van der Waals surface area contributed by atoms with Gasteiger partial charge in [0.25, 0.3) is 0 Å². The van der Waals surface area contributed by atoms with E-state index in [4.69, 9.17) is 11.6 Å². The fraction of sp³-hybridized carbons (Fsp3) is 0.545. The van der Waals surface area contributed by atoms with E-state index in [2.05, 4.69) is 16.0 Å². The van der Waals surface area contributed by atoms with E-state index in [9.17, 15) is 0 Å². The number of anilines is 1. The number of hydrogen-bond donors (Lipinski definition) is 0. The standard InChI is InChI=1S/C11H15ClN2S/c12-9-10-3-1-4-13-11(10)14-5-2-7-15-8-6-14/h1,3-4H,2,5-9H2. The summed E-state index contributed by atoms with van der Waals surface area (Å²) < 4.78 is 0. The number of rotatable bonds is 2. The van der Waals surface area contributed by atoms with Gasteiger partial charge >= 0.3 is 0 Å². The van der Waals surface area contributed by atoms with Gasteiger partial charge in [-0.3, -0.25) is 0 Å². The van der Waals surface area contributed by atoms with Gasteiger partial charge in [0.15, 0.2) is 0 Å². The first-order valence-corrected chi connectivity index (χ1v) is 6.93. The zero-order chi connectivity index (χ0) is 10.5. The summed E-state index contributed by atoms with van der Waals surface area (Å²) in [6, 6.07) is 4.02. The lowest BCUT2D eigenvalue weighted by atomic mass is 10.2. The van der Waals surface area contributed by atoms with Gasteiger partial charge in [0.2, 0.25) is 0 Å². The lowest BCUT2D eigenvalue weighted by Gasteiger charge is -2.23. The highest BCUT2D eigenvalue weighted by Gasteiger charge is 2.13. The van der Waals surface area contributed by atoms with Crippen LogP contribution >= 0.6 is 23.4 Å². The Labute approximate surface area is 100 Å². The molecule has 0 radical (unpaired) electrons. The Bertz CT molecular complexity index is 311. The third-order valence-corrected chi connectivity index (χ3v) is 3.87. The molecule has 1 fully saturated rings. The van der Waals surface area contributed by atoms with Gasteiger partial charge in [0, 0.05) is 30.6 Å². The fourth-order valence-corrected chi connectivity index (χ4v) is 2.87. The third-order valence-electron chi connectivity index (χ3n) is 2.53. The molecule has 1 aromatic rings. The Morgan fingerprint density at radius 2 is 2.33 bits per heavy atom. The van der Waals surface area contributed by atoms with Crippen LogP contribution in [-0.4, -0.2) is 29.6 Å². The number of nitrogens with zero attached hydrogens (tertiary/aromatic N) is 2. The largest absolute Gasteiger partial charge is 0.356 e. The van der Waals surface area contributed by atoms with Crippen molar-refractivity contribution in [1.82, 2.24) is 4.98 Å². The summed E-state index contributed by atoms with van der Waals surface area (Å²) in [7, 11) is 0. The average molecular weight is 243 g/mol. The van der Waals surface area contributed by atoms with E-state index < -0.39 is 0 Å². The van der Waals surface area contributed by atoms with E-state index in [1.807, 2.05) is 24.0 Å². The second-order valence-corrected chi connectivity index (χ2v) is 5.06. The van der Waals surface area contributed by atoms with Crippen LogP contribution in [-0.2, 0) is 5.88 Å². The number of pyridine rings is 1. The maximum atomic E-state index is 5.92. The van der Waals surface area contributed by atoms with Gasteiger partial charge in [0.1, 0.15) is 5.82 Å². The zero-order valence-corrected chi connectivity index (χ0v) is 10.2. The third kappa shape index (κ3) is 2.79. The average Bonchev–Trinajstić information content (AvgIpc) is 2.57. The minimum absolute atomic E-state index is 0.548. The normalized spacial score (nSPS) is 17.5. The van der Waals surface area contributed by atoms with Crippen molar-refractivity contribution in [2.24, 2.45) is 0 Å². The van der Waals surface area contributed by atoms with Crippen molar-refractivity contribution < 1.29 is 0 Å². The van der Waals surface area contributed by atoms with Gasteiger partial charge in [-0.2, -0.15) is 11.8 Å². The molecule has 15 heavy (non-hydrogen) atoms. The number of aromatic nitrogens is 1. The van der Waals surface area contributed by atoms with E-state index in [1.165, 1.54) is 17.9 Å². The number of hydrogen-bond acceptors (Lipinski definition) is 3. The van der Waals surface area contributed by atoms with E-state index in [0.717, 1.165) is 24.5 Å². The maximum absolute atomic E-state index is 5.92. The molecule has 2 heterocycles. The predicted molar refractivity (Wildman–Crippen MR) is 67.9 cm³/mol. The number of alkyl halides is 1. The van der Waals surface area contributed by atoms with Crippen molar-refractivity contribution in [2.75, 3.05) is 29.5 Å². The molecule has 0 amide bonds. The summed E-state index contributed by atoms with van der Waals surface area (Å²) in [4.78, 5) is 6.81. The van der Waals surface area contributed by atoms with Gasteiger partial charge in [-0.25, -0.2) is 4.98 Å². The van der Waals surface area contributed by atoms with Crippen LogP contribution in [0, 0.1) is 0 Å². The molecule has 4 heteroatoms. The van der Waals surface area contributed by atoms with Crippen LogP contribution in [0.4, 0.5) is 5.82 Å². The van der Waals surface area contributed by atoms with Crippen molar-refractivity contribution in [3.05, 3.63) is 23.9 Å². The van der Waals surface area contributed by atoms with Crippen LogP contribution in [0.2, 0.25) is 0 Å². The molecule has 0 aromatic carbocycles. The van der Waals surface area contributed by atoms with E-state index in [-0.39, 0.29) is 0 Å². The molecule has 2 rings (SSSR count). The molecule has 0 saturated carbocycles. The SMILES string of the molecule is ClCc1cccnc1N1CCCSCC1. The van der Waals surface area contributed by atoms with Gasteiger partial charge in [-0.1, -0.05) is 6.07 Å². The first kappa shape index (κ1) is 11.1. The molecular formula is C11H15ClN2S. The van der Waals surface area contributed by atoms with Gasteiger partial charge in [-0.15, -0.1) is 11.6 Å². The molecule has 0 spiro atoms. The lowest BCUT2D eigenvalue weighted by Crippen LogP contribution is -2.27. The highest BCUT2D eigenvalue weighted by Crippen LogP contribution is 2.21. The van der Waals surface area contributed by atoms with Gasteiger partial charge in [-0.05, 0) is 18.2 Å². The van der Waals surface area contributed by atoms with Crippen LogP contribution in [0.5, 0.6) is 0 Å². The zero-order valence-electron chi connectivity index (χ0n) is 8.66. The highest BCUT2D eigenvalue weighted by atomic mass is 35.5. The smallest absolute Gasteiger partial charge is 0.132 e. The Morgan fingerprint density at radius 3 is 3.20 bits per heavy atom. The second kappa shape index (κ2) is 5.61. The Balaban J connectivity index is 2.18. The minimum Gasteiger partial charge on any atom is -0.356 e. The molecule has 1 aliphatic rings. The quantitative estimate of drug-likeness (QED) is 0.742. The first-order valence-electron chi connectivity index (χ1n) is 5.24. The molecule has 0 unspecified atom stereocenters. The van der Waals surface area contributed by atoms with Crippen LogP contribution in [0.1, 0.15) is 12.0 Å². The summed E-state index contributed by atoms with van der Waals surface area (Å²) >= 11 is 7.95. The second-order valence-electron chi connectivity index (χ2n) is 3.57. The van der Waals surface area contributed by atoms with Crippen molar-refractivity contribution >= 4 is 29.2 Å². The van der Waals surface area contributed by atoms with Crippen LogP contribution in [0.15, 0.2) is 18.3 Å². The molecule has 0 bridgehead atoms. The van der Waals surface area contributed by atoms with Gasteiger partial charge in [0.05, 0.1) is 5.88 Å². The van der Waals surface area contributed by atoms with E-state index in [1.54, 1.807) is 0 Å².